The monoisotopic (exact) mass is 272 g/mol. The van der Waals surface area contributed by atoms with Crippen molar-refractivity contribution in [1.82, 2.24) is 10.6 Å². The lowest BCUT2D eigenvalue weighted by Gasteiger charge is -2.18. The molecule has 0 aromatic carbocycles. The van der Waals surface area contributed by atoms with Crippen molar-refractivity contribution in [3.05, 3.63) is 0 Å². The van der Waals surface area contributed by atoms with Crippen molar-refractivity contribution in [2.24, 2.45) is 0 Å². The average molecular weight is 272 g/mol. The van der Waals surface area contributed by atoms with Gasteiger partial charge in [0.15, 0.2) is 0 Å². The highest BCUT2D eigenvalue weighted by molar-refractivity contribution is 7.99. The normalized spacial score (nSPS) is 19.2. The standard InChI is InChI=1S/C14H28N2OS/c1-3-18-11-12(2)15-10-14(17)16-13-8-6-4-5-7-9-13/h12-13,15H,3-11H2,1-2H3,(H,16,17). The van der Waals surface area contributed by atoms with E-state index in [-0.39, 0.29) is 5.91 Å². The van der Waals surface area contributed by atoms with E-state index < -0.39 is 0 Å². The molecule has 1 fully saturated rings. The minimum Gasteiger partial charge on any atom is -0.352 e. The summed E-state index contributed by atoms with van der Waals surface area (Å²) < 4.78 is 0. The van der Waals surface area contributed by atoms with Crippen molar-refractivity contribution in [3.63, 3.8) is 0 Å². The van der Waals surface area contributed by atoms with Crippen LogP contribution < -0.4 is 10.6 Å². The molecule has 0 heterocycles. The van der Waals surface area contributed by atoms with E-state index >= 15 is 0 Å². The first-order chi connectivity index (χ1) is 8.72. The third-order valence-electron chi connectivity index (χ3n) is 3.40. The Kier molecular flexibility index (Phi) is 8.51. The Morgan fingerprint density at radius 2 is 1.94 bits per heavy atom. The fraction of sp³-hybridized carbons (Fsp3) is 0.929. The van der Waals surface area contributed by atoms with E-state index in [2.05, 4.69) is 24.5 Å². The van der Waals surface area contributed by atoms with E-state index in [4.69, 9.17) is 0 Å². The van der Waals surface area contributed by atoms with Gasteiger partial charge >= 0.3 is 0 Å². The largest absolute Gasteiger partial charge is 0.352 e. The van der Waals surface area contributed by atoms with E-state index in [9.17, 15) is 4.79 Å². The highest BCUT2D eigenvalue weighted by Crippen LogP contribution is 2.16. The molecule has 0 spiro atoms. The Morgan fingerprint density at radius 3 is 2.56 bits per heavy atom. The Morgan fingerprint density at radius 1 is 1.28 bits per heavy atom. The quantitative estimate of drug-likeness (QED) is 0.700. The third kappa shape index (κ3) is 7.27. The summed E-state index contributed by atoms with van der Waals surface area (Å²) >= 11 is 1.91. The Hall–Kier alpha value is -0.220. The van der Waals surface area contributed by atoms with Crippen LogP contribution in [0.3, 0.4) is 0 Å². The molecule has 2 N–H and O–H groups in total. The maximum atomic E-state index is 11.8. The molecule has 4 heteroatoms. The highest BCUT2D eigenvalue weighted by Gasteiger charge is 2.14. The van der Waals surface area contributed by atoms with Crippen LogP contribution in [0.4, 0.5) is 0 Å². The molecule has 18 heavy (non-hydrogen) atoms. The van der Waals surface area contributed by atoms with Gasteiger partial charge in [-0.1, -0.05) is 32.6 Å². The van der Waals surface area contributed by atoms with Crippen molar-refractivity contribution in [2.75, 3.05) is 18.1 Å². The first-order valence-corrected chi connectivity index (χ1v) is 8.48. The average Bonchev–Trinajstić information content (AvgIpc) is 2.62. The van der Waals surface area contributed by atoms with Crippen LogP contribution in [0.1, 0.15) is 52.4 Å². The number of thioether (sulfide) groups is 1. The Bertz CT molecular complexity index is 228. The van der Waals surface area contributed by atoms with Crippen LogP contribution in [-0.2, 0) is 4.79 Å². The molecule has 0 aliphatic heterocycles. The molecule has 1 aliphatic carbocycles. The van der Waals surface area contributed by atoms with Gasteiger partial charge in [0.1, 0.15) is 0 Å². The van der Waals surface area contributed by atoms with Crippen LogP contribution in [-0.4, -0.2) is 36.0 Å². The number of carbonyl (C=O) groups excluding carboxylic acids is 1. The van der Waals surface area contributed by atoms with Crippen LogP contribution in [0.5, 0.6) is 0 Å². The number of hydrogen-bond donors (Lipinski definition) is 2. The van der Waals surface area contributed by atoms with Gasteiger partial charge in [-0.15, -0.1) is 0 Å². The molecule has 0 saturated heterocycles. The summed E-state index contributed by atoms with van der Waals surface area (Å²) in [5.74, 6) is 2.38. The van der Waals surface area contributed by atoms with Crippen molar-refractivity contribution >= 4 is 17.7 Å². The minimum absolute atomic E-state index is 0.162. The van der Waals surface area contributed by atoms with Gasteiger partial charge in [-0.3, -0.25) is 4.79 Å². The molecule has 1 aliphatic rings. The van der Waals surface area contributed by atoms with Crippen LogP contribution in [0, 0.1) is 0 Å². The van der Waals surface area contributed by atoms with E-state index in [1.165, 1.54) is 25.7 Å². The maximum absolute atomic E-state index is 11.8. The van der Waals surface area contributed by atoms with Gasteiger partial charge < -0.3 is 10.6 Å². The van der Waals surface area contributed by atoms with Crippen molar-refractivity contribution < 1.29 is 4.79 Å². The van der Waals surface area contributed by atoms with Crippen molar-refractivity contribution in [2.45, 2.75) is 64.5 Å². The summed E-state index contributed by atoms with van der Waals surface area (Å²) in [6.07, 6.45) is 7.51. The summed E-state index contributed by atoms with van der Waals surface area (Å²) in [6, 6.07) is 0.831. The maximum Gasteiger partial charge on any atom is 0.234 e. The summed E-state index contributed by atoms with van der Waals surface area (Å²) in [5.41, 5.74) is 0. The molecule has 1 atom stereocenters. The van der Waals surface area contributed by atoms with Gasteiger partial charge in [-0.25, -0.2) is 0 Å². The molecule has 1 amide bonds. The van der Waals surface area contributed by atoms with Crippen LogP contribution in [0.25, 0.3) is 0 Å². The van der Waals surface area contributed by atoms with Gasteiger partial charge in [0.05, 0.1) is 6.54 Å². The van der Waals surface area contributed by atoms with Crippen LogP contribution in [0.2, 0.25) is 0 Å². The molecule has 0 aromatic heterocycles. The SMILES string of the molecule is CCSCC(C)NCC(=O)NC1CCCCCC1. The zero-order valence-corrected chi connectivity index (χ0v) is 12.7. The molecule has 1 rings (SSSR count). The van der Waals surface area contributed by atoms with Gasteiger partial charge in [-0.2, -0.15) is 11.8 Å². The fourth-order valence-corrected chi connectivity index (χ4v) is 3.03. The first kappa shape index (κ1) is 15.8. The number of carbonyl (C=O) groups is 1. The van der Waals surface area contributed by atoms with Crippen LogP contribution >= 0.6 is 11.8 Å². The second kappa shape index (κ2) is 9.68. The van der Waals surface area contributed by atoms with Crippen molar-refractivity contribution in [3.8, 4) is 0 Å². The summed E-state index contributed by atoms with van der Waals surface area (Å²) in [6.45, 7) is 4.76. The molecular formula is C14H28N2OS. The Balaban J connectivity index is 2.12. The van der Waals surface area contributed by atoms with Crippen LogP contribution in [0.15, 0.2) is 0 Å². The molecule has 106 valence electrons. The number of rotatable bonds is 7. The van der Waals surface area contributed by atoms with Gasteiger partial charge in [0, 0.05) is 17.8 Å². The summed E-state index contributed by atoms with van der Waals surface area (Å²) in [5, 5.41) is 6.45. The lowest BCUT2D eigenvalue weighted by molar-refractivity contribution is -0.121. The van der Waals surface area contributed by atoms with Crippen molar-refractivity contribution in [1.29, 1.82) is 0 Å². The second-order valence-corrected chi connectivity index (χ2v) is 6.52. The van der Waals surface area contributed by atoms with Gasteiger partial charge in [-0.05, 0) is 25.5 Å². The van der Waals surface area contributed by atoms with E-state index in [1.54, 1.807) is 0 Å². The topological polar surface area (TPSA) is 41.1 Å². The molecule has 3 nitrogen and oxygen atoms in total. The summed E-state index contributed by atoms with van der Waals surface area (Å²) in [4.78, 5) is 11.8. The fourth-order valence-electron chi connectivity index (χ4n) is 2.32. The summed E-state index contributed by atoms with van der Waals surface area (Å²) in [7, 11) is 0. The molecule has 0 bridgehead atoms. The van der Waals surface area contributed by atoms with E-state index in [0.717, 1.165) is 24.3 Å². The third-order valence-corrected chi connectivity index (χ3v) is 4.55. The first-order valence-electron chi connectivity index (χ1n) is 7.33. The molecule has 1 saturated carbocycles. The molecular weight excluding hydrogens is 244 g/mol. The lowest BCUT2D eigenvalue weighted by Crippen LogP contribution is -2.43. The zero-order valence-electron chi connectivity index (χ0n) is 11.8. The van der Waals surface area contributed by atoms with Gasteiger partial charge in [0.2, 0.25) is 5.91 Å². The smallest absolute Gasteiger partial charge is 0.234 e. The van der Waals surface area contributed by atoms with Gasteiger partial charge in [0.25, 0.3) is 0 Å². The lowest BCUT2D eigenvalue weighted by atomic mass is 10.1. The minimum atomic E-state index is 0.162. The number of nitrogens with one attached hydrogen (secondary N) is 2. The molecule has 0 radical (unpaired) electrons. The zero-order chi connectivity index (χ0) is 13.2. The second-order valence-electron chi connectivity index (χ2n) is 5.20. The molecule has 1 unspecified atom stereocenters. The Labute approximate surface area is 116 Å². The van der Waals surface area contributed by atoms with E-state index in [1.807, 2.05) is 11.8 Å². The molecule has 0 aromatic rings. The van der Waals surface area contributed by atoms with E-state index in [0.29, 0.717) is 18.6 Å². The highest BCUT2D eigenvalue weighted by atomic mass is 32.2. The number of amides is 1. The predicted octanol–water partition coefficient (Wildman–Crippen LogP) is 2.56. The predicted molar refractivity (Wildman–Crippen MR) is 80.1 cm³/mol. The number of hydrogen-bond acceptors (Lipinski definition) is 3.